The lowest BCUT2D eigenvalue weighted by molar-refractivity contribution is -0.380. The van der Waals surface area contributed by atoms with Crippen LogP contribution in [0.2, 0.25) is 0 Å². The highest BCUT2D eigenvalue weighted by Gasteiger charge is 2.13. The van der Waals surface area contributed by atoms with Crippen LogP contribution < -0.4 is 0 Å². The summed E-state index contributed by atoms with van der Waals surface area (Å²) in [6.07, 6.45) is 2.67. The van der Waals surface area contributed by atoms with Crippen molar-refractivity contribution in [2.24, 2.45) is 0 Å². The van der Waals surface area contributed by atoms with E-state index in [0.717, 1.165) is 22.7 Å². The van der Waals surface area contributed by atoms with E-state index in [-0.39, 0.29) is 21.3 Å². The van der Waals surface area contributed by atoms with Gasteiger partial charge < -0.3 is 0 Å². The van der Waals surface area contributed by atoms with Gasteiger partial charge in [0.15, 0.2) is 5.78 Å². The molecule has 2 aromatic heterocycles. The van der Waals surface area contributed by atoms with Crippen molar-refractivity contribution in [3.63, 3.8) is 0 Å². The summed E-state index contributed by atoms with van der Waals surface area (Å²) in [4.78, 5) is 31.7. The highest BCUT2D eigenvalue weighted by atomic mass is 32.1. The molecule has 0 aromatic carbocycles. The zero-order chi connectivity index (χ0) is 14.7. The van der Waals surface area contributed by atoms with Crippen molar-refractivity contribution in [2.75, 3.05) is 0 Å². The molecule has 2 aromatic rings. The van der Waals surface area contributed by atoms with Crippen LogP contribution in [-0.2, 0) is 0 Å². The zero-order valence-electron chi connectivity index (χ0n) is 9.72. The Bertz CT molecular complexity index is 716. The Morgan fingerprint density at radius 3 is 2.20 bits per heavy atom. The summed E-state index contributed by atoms with van der Waals surface area (Å²) < 4.78 is 0. The van der Waals surface area contributed by atoms with Crippen molar-refractivity contribution < 1.29 is 14.6 Å². The van der Waals surface area contributed by atoms with Crippen LogP contribution in [0.3, 0.4) is 0 Å². The van der Waals surface area contributed by atoms with Crippen LogP contribution in [-0.4, -0.2) is 15.6 Å². The lowest BCUT2D eigenvalue weighted by atomic mass is 10.2. The van der Waals surface area contributed by atoms with Gasteiger partial charge in [-0.25, -0.2) is 0 Å². The van der Waals surface area contributed by atoms with Crippen LogP contribution in [0.5, 0.6) is 0 Å². The topological polar surface area (TPSA) is 103 Å². The second-order valence-electron chi connectivity index (χ2n) is 3.60. The van der Waals surface area contributed by atoms with Gasteiger partial charge in [-0.3, -0.25) is 25.0 Å². The molecule has 0 aliphatic rings. The zero-order valence-corrected chi connectivity index (χ0v) is 11.3. The molecule has 0 aliphatic heterocycles. The summed E-state index contributed by atoms with van der Waals surface area (Å²) in [6.45, 7) is 0. The number of nitrogens with zero attached hydrogens (tertiary/aromatic N) is 2. The van der Waals surface area contributed by atoms with Crippen LogP contribution >= 0.6 is 22.7 Å². The molecule has 0 amide bonds. The molecule has 0 unspecified atom stereocenters. The average molecular weight is 310 g/mol. The largest absolute Gasteiger partial charge is 0.324 e. The molecule has 0 aliphatic carbocycles. The summed E-state index contributed by atoms with van der Waals surface area (Å²) in [7, 11) is 0. The van der Waals surface area contributed by atoms with Gasteiger partial charge >= 0.3 is 10.0 Å². The summed E-state index contributed by atoms with van der Waals surface area (Å²) in [5.74, 6) is -0.386. The fourth-order valence-electron chi connectivity index (χ4n) is 1.34. The molecule has 2 heterocycles. The molecule has 7 nitrogen and oxygen atoms in total. The normalized spacial score (nSPS) is 10.8. The number of hydrogen-bond acceptors (Lipinski definition) is 7. The highest BCUT2D eigenvalue weighted by molar-refractivity contribution is 7.13. The molecular weight excluding hydrogens is 304 g/mol. The highest BCUT2D eigenvalue weighted by Crippen LogP contribution is 2.25. The molecule has 0 saturated heterocycles. The van der Waals surface area contributed by atoms with E-state index in [1.807, 2.05) is 0 Å². The van der Waals surface area contributed by atoms with Gasteiger partial charge in [-0.1, -0.05) is 22.7 Å². The Kier molecular flexibility index (Phi) is 4.01. The third-order valence-electron chi connectivity index (χ3n) is 2.26. The van der Waals surface area contributed by atoms with Gasteiger partial charge in [0.2, 0.25) is 0 Å². The van der Waals surface area contributed by atoms with Gasteiger partial charge in [-0.15, -0.1) is 0 Å². The predicted molar refractivity (Wildman–Crippen MR) is 75.3 cm³/mol. The number of thiophene rings is 2. The van der Waals surface area contributed by atoms with Crippen molar-refractivity contribution in [3.8, 4) is 0 Å². The molecule has 2 rings (SSSR count). The molecule has 0 bridgehead atoms. The van der Waals surface area contributed by atoms with Crippen molar-refractivity contribution in [2.45, 2.75) is 0 Å². The monoisotopic (exact) mass is 310 g/mol. The number of rotatable bonds is 5. The first kappa shape index (κ1) is 14.0. The maximum Gasteiger partial charge on any atom is 0.324 e. The fraction of sp³-hybridized carbons (Fsp3) is 0. The van der Waals surface area contributed by atoms with Gasteiger partial charge in [-0.2, -0.15) is 0 Å². The molecular formula is C11H6N2O5S2. The third kappa shape index (κ3) is 3.13. The third-order valence-corrected chi connectivity index (χ3v) is 4.04. The predicted octanol–water partition coefficient (Wildman–Crippen LogP) is 3.52. The Balaban J connectivity index is 2.11. The van der Waals surface area contributed by atoms with Gasteiger partial charge in [0.25, 0.3) is 0 Å². The van der Waals surface area contributed by atoms with Crippen molar-refractivity contribution in [3.05, 3.63) is 60.3 Å². The van der Waals surface area contributed by atoms with Crippen LogP contribution in [0.1, 0.15) is 15.9 Å². The number of carbonyl (C=O) groups excluding carboxylic acids is 1. The number of ketones is 1. The summed E-state index contributed by atoms with van der Waals surface area (Å²) in [5, 5.41) is 23.9. The smallest absolute Gasteiger partial charge is 0.289 e. The van der Waals surface area contributed by atoms with E-state index in [4.69, 9.17) is 0 Å². The first-order chi connectivity index (χ1) is 9.47. The van der Waals surface area contributed by atoms with E-state index < -0.39 is 9.85 Å². The van der Waals surface area contributed by atoms with Crippen LogP contribution in [0, 0.1) is 20.2 Å². The van der Waals surface area contributed by atoms with Crippen LogP contribution in [0.15, 0.2) is 29.0 Å². The van der Waals surface area contributed by atoms with E-state index in [1.165, 1.54) is 29.7 Å². The molecule has 0 radical (unpaired) electrons. The average Bonchev–Trinajstić information content (AvgIpc) is 3.05. The fourth-order valence-corrected chi connectivity index (χ4v) is 2.75. The Morgan fingerprint density at radius 1 is 1.05 bits per heavy atom. The van der Waals surface area contributed by atoms with Gasteiger partial charge in [0.05, 0.1) is 9.85 Å². The van der Waals surface area contributed by atoms with Gasteiger partial charge in [-0.05, 0) is 17.7 Å². The SMILES string of the molecule is O=C(C=Cc1csc([N+](=O)[O-])c1)c1csc([N+](=O)[O-])c1. The first-order valence-electron chi connectivity index (χ1n) is 5.15. The minimum absolute atomic E-state index is 0.0109. The minimum Gasteiger partial charge on any atom is -0.289 e. The van der Waals surface area contributed by atoms with E-state index in [0.29, 0.717) is 5.56 Å². The van der Waals surface area contributed by atoms with Gasteiger partial charge in [0.1, 0.15) is 0 Å². The standard InChI is InChI=1S/C11H6N2O5S2/c14-9(8-4-11(13(17)18)20-6-8)2-1-7-3-10(12(15)16)19-5-7/h1-6H. The van der Waals surface area contributed by atoms with E-state index in [2.05, 4.69) is 0 Å². The molecule has 0 N–H and O–H groups in total. The Morgan fingerprint density at radius 2 is 1.65 bits per heavy atom. The van der Waals surface area contributed by atoms with Crippen molar-refractivity contribution >= 4 is 44.5 Å². The second kappa shape index (κ2) is 5.72. The molecule has 0 atom stereocenters. The first-order valence-corrected chi connectivity index (χ1v) is 6.91. The van der Waals surface area contributed by atoms with Crippen LogP contribution in [0.4, 0.5) is 10.0 Å². The van der Waals surface area contributed by atoms with Crippen molar-refractivity contribution in [1.29, 1.82) is 0 Å². The quantitative estimate of drug-likeness (QED) is 0.364. The summed E-state index contributed by atoms with van der Waals surface area (Å²) in [5.41, 5.74) is 0.766. The van der Waals surface area contributed by atoms with Crippen LogP contribution in [0.25, 0.3) is 6.08 Å². The molecule has 102 valence electrons. The molecule has 9 heteroatoms. The second-order valence-corrected chi connectivity index (χ2v) is 5.38. The lowest BCUT2D eigenvalue weighted by Gasteiger charge is -1.87. The Labute approximate surface area is 120 Å². The van der Waals surface area contributed by atoms with E-state index in [9.17, 15) is 25.0 Å². The Hall–Kier alpha value is -2.39. The minimum atomic E-state index is -0.562. The number of hydrogen-bond donors (Lipinski definition) is 0. The molecule has 0 fully saturated rings. The summed E-state index contributed by atoms with van der Waals surface area (Å²) >= 11 is 1.84. The maximum absolute atomic E-state index is 11.8. The maximum atomic E-state index is 11.8. The van der Waals surface area contributed by atoms with Gasteiger partial charge in [0, 0.05) is 28.5 Å². The molecule has 0 spiro atoms. The van der Waals surface area contributed by atoms with E-state index >= 15 is 0 Å². The summed E-state index contributed by atoms with van der Waals surface area (Å²) in [6, 6.07) is 2.55. The lowest BCUT2D eigenvalue weighted by Crippen LogP contribution is -1.91. The van der Waals surface area contributed by atoms with E-state index in [1.54, 1.807) is 5.38 Å². The van der Waals surface area contributed by atoms with Crippen molar-refractivity contribution in [1.82, 2.24) is 0 Å². The number of carbonyl (C=O) groups is 1. The number of allylic oxidation sites excluding steroid dienone is 1. The molecule has 0 saturated carbocycles. The molecule has 20 heavy (non-hydrogen) atoms. The number of nitro groups is 2.